The number of alkyl halides is 3. The molecule has 2 aliphatic heterocycles. The van der Waals surface area contributed by atoms with E-state index in [1.807, 2.05) is 18.3 Å². The van der Waals surface area contributed by atoms with Crippen LogP contribution in [0.4, 0.5) is 13.2 Å². The van der Waals surface area contributed by atoms with Crippen molar-refractivity contribution in [1.29, 1.82) is 0 Å². The van der Waals surface area contributed by atoms with Crippen LogP contribution in [0.3, 0.4) is 0 Å². The lowest BCUT2D eigenvalue weighted by atomic mass is 9.77. The molecular weight excluding hydrogens is 527 g/mol. The molecule has 3 N–H and O–H groups in total. The molecule has 38 heavy (non-hydrogen) atoms. The molecule has 1 aromatic carbocycles. The standard InChI is InChI=1S/C22H23N5O3S.C2HF3O2/c23-20(28)17-5-3-16(4-6-17)19-15-25-21-22(9-13-27(19)21)7-11-26(12-8-22)31(29,30)18-2-1-10-24-14-18;3-2(4,5)1(6)7/h1-6,10,14-15H,7-9,11-13H2,(H2,23,28);(H,6,7). The Morgan fingerprint density at radius 3 is 2.13 bits per heavy atom. The zero-order valence-corrected chi connectivity index (χ0v) is 20.7. The van der Waals surface area contributed by atoms with Crippen LogP contribution < -0.4 is 5.73 Å². The highest BCUT2D eigenvalue weighted by Crippen LogP contribution is 2.45. The third-order valence-corrected chi connectivity index (χ3v) is 8.69. The number of benzene rings is 1. The zero-order chi connectivity index (χ0) is 27.7. The van der Waals surface area contributed by atoms with E-state index in [1.54, 1.807) is 34.8 Å². The molecule has 0 radical (unpaired) electrons. The predicted octanol–water partition coefficient (Wildman–Crippen LogP) is 2.80. The Labute approximate surface area is 216 Å². The van der Waals surface area contributed by atoms with Gasteiger partial charge < -0.3 is 15.4 Å². The topological polar surface area (TPSA) is 148 Å². The lowest BCUT2D eigenvalue weighted by molar-refractivity contribution is -0.192. The first-order valence-corrected chi connectivity index (χ1v) is 13.0. The van der Waals surface area contributed by atoms with Gasteiger partial charge in [-0.2, -0.15) is 17.5 Å². The first-order valence-electron chi connectivity index (χ1n) is 11.5. The normalized spacial score (nSPS) is 16.9. The fourth-order valence-electron chi connectivity index (χ4n) is 4.78. The third kappa shape index (κ3) is 5.27. The van der Waals surface area contributed by atoms with E-state index in [0.717, 1.165) is 42.9 Å². The summed E-state index contributed by atoms with van der Waals surface area (Å²) in [5.74, 6) is -2.18. The highest BCUT2D eigenvalue weighted by atomic mass is 32.2. The molecule has 3 aromatic rings. The molecule has 202 valence electrons. The van der Waals surface area contributed by atoms with Crippen molar-refractivity contribution in [2.24, 2.45) is 5.73 Å². The van der Waals surface area contributed by atoms with Gasteiger partial charge in [0.25, 0.3) is 0 Å². The molecule has 14 heteroatoms. The number of pyridine rings is 1. The third-order valence-electron chi connectivity index (χ3n) is 6.80. The maximum Gasteiger partial charge on any atom is 0.490 e. The van der Waals surface area contributed by atoms with Crippen LogP contribution in [0.15, 0.2) is 59.9 Å². The smallest absolute Gasteiger partial charge is 0.475 e. The lowest BCUT2D eigenvalue weighted by Crippen LogP contribution is -2.44. The van der Waals surface area contributed by atoms with Crippen LogP contribution >= 0.6 is 0 Å². The van der Waals surface area contributed by atoms with Crippen molar-refractivity contribution in [3.05, 3.63) is 66.4 Å². The molecule has 1 spiro atoms. The summed E-state index contributed by atoms with van der Waals surface area (Å²) in [5.41, 5.74) is 7.70. The second-order valence-corrected chi connectivity index (χ2v) is 10.9. The number of sulfonamides is 1. The summed E-state index contributed by atoms with van der Waals surface area (Å²) in [7, 11) is -3.53. The van der Waals surface area contributed by atoms with Crippen molar-refractivity contribution in [2.75, 3.05) is 13.1 Å². The molecule has 1 saturated heterocycles. The van der Waals surface area contributed by atoms with E-state index in [2.05, 4.69) is 9.55 Å². The summed E-state index contributed by atoms with van der Waals surface area (Å²) in [4.78, 5) is 29.2. The molecule has 1 amide bonds. The van der Waals surface area contributed by atoms with Crippen molar-refractivity contribution in [3.8, 4) is 11.3 Å². The summed E-state index contributed by atoms with van der Waals surface area (Å²) in [6, 6.07) is 10.5. The van der Waals surface area contributed by atoms with E-state index in [0.29, 0.717) is 18.7 Å². The van der Waals surface area contributed by atoms with Crippen LogP contribution in [0.25, 0.3) is 11.3 Å². The number of imidazole rings is 1. The summed E-state index contributed by atoms with van der Waals surface area (Å²) in [6.07, 6.45) is 2.18. The van der Waals surface area contributed by atoms with Gasteiger partial charge in [0.2, 0.25) is 15.9 Å². The number of carbonyl (C=O) groups is 2. The first-order chi connectivity index (χ1) is 17.8. The van der Waals surface area contributed by atoms with Crippen molar-refractivity contribution in [3.63, 3.8) is 0 Å². The number of rotatable bonds is 4. The van der Waals surface area contributed by atoms with Crippen LogP contribution in [0, 0.1) is 0 Å². The molecule has 2 aromatic heterocycles. The number of nitrogens with two attached hydrogens (primary N) is 1. The maximum atomic E-state index is 12.9. The number of carboxylic acids is 1. The van der Waals surface area contributed by atoms with Crippen LogP contribution in [0.2, 0.25) is 0 Å². The van der Waals surface area contributed by atoms with Gasteiger partial charge in [0.1, 0.15) is 10.7 Å². The van der Waals surface area contributed by atoms with Crippen molar-refractivity contribution in [1.82, 2.24) is 18.8 Å². The largest absolute Gasteiger partial charge is 0.490 e. The summed E-state index contributed by atoms with van der Waals surface area (Å²) >= 11 is 0. The lowest BCUT2D eigenvalue weighted by Gasteiger charge is -2.37. The van der Waals surface area contributed by atoms with Gasteiger partial charge in [-0.05, 0) is 49.1 Å². The van der Waals surface area contributed by atoms with Gasteiger partial charge in [0.15, 0.2) is 0 Å². The number of piperidine rings is 1. The Hall–Kier alpha value is -3.78. The van der Waals surface area contributed by atoms with Crippen molar-refractivity contribution < 1.29 is 36.3 Å². The van der Waals surface area contributed by atoms with Gasteiger partial charge >= 0.3 is 12.1 Å². The van der Waals surface area contributed by atoms with Crippen molar-refractivity contribution in [2.45, 2.75) is 42.3 Å². The molecule has 2 aliphatic rings. The number of halogens is 3. The predicted molar refractivity (Wildman–Crippen MR) is 128 cm³/mol. The number of aromatic nitrogens is 3. The van der Waals surface area contributed by atoms with E-state index < -0.39 is 28.1 Å². The van der Waals surface area contributed by atoms with Gasteiger partial charge in [0, 0.05) is 43.0 Å². The minimum absolute atomic E-state index is 0.105. The average Bonchev–Trinajstić information content (AvgIpc) is 3.46. The highest BCUT2D eigenvalue weighted by Gasteiger charge is 2.46. The van der Waals surface area contributed by atoms with Crippen LogP contribution in [0.1, 0.15) is 35.4 Å². The minimum Gasteiger partial charge on any atom is -0.475 e. The van der Waals surface area contributed by atoms with E-state index in [4.69, 9.17) is 20.6 Å². The quantitative estimate of drug-likeness (QED) is 0.507. The van der Waals surface area contributed by atoms with Crippen LogP contribution in [-0.2, 0) is 26.8 Å². The molecule has 4 heterocycles. The number of primary amides is 1. The second-order valence-electron chi connectivity index (χ2n) is 8.99. The van der Waals surface area contributed by atoms with Gasteiger partial charge in [-0.1, -0.05) is 12.1 Å². The van der Waals surface area contributed by atoms with E-state index in [1.165, 1.54) is 6.20 Å². The van der Waals surface area contributed by atoms with Crippen LogP contribution in [-0.4, -0.2) is 63.5 Å². The summed E-state index contributed by atoms with van der Waals surface area (Å²) < 4.78 is 61.4. The van der Waals surface area contributed by atoms with E-state index >= 15 is 0 Å². The molecule has 10 nitrogen and oxygen atoms in total. The molecule has 0 bridgehead atoms. The molecule has 1 fully saturated rings. The number of hydrogen-bond acceptors (Lipinski definition) is 6. The number of amides is 1. The fourth-order valence-corrected chi connectivity index (χ4v) is 6.18. The average molecular weight is 552 g/mol. The maximum absolute atomic E-state index is 12.9. The second kappa shape index (κ2) is 10.2. The van der Waals surface area contributed by atoms with Crippen LogP contribution in [0.5, 0.6) is 0 Å². The number of carboxylic acid groups (broad SMARTS) is 1. The minimum atomic E-state index is -5.08. The van der Waals surface area contributed by atoms with Gasteiger partial charge in [-0.3, -0.25) is 9.78 Å². The summed E-state index contributed by atoms with van der Waals surface area (Å²) in [5, 5.41) is 7.12. The van der Waals surface area contributed by atoms with E-state index in [9.17, 15) is 26.4 Å². The Morgan fingerprint density at radius 1 is 1.00 bits per heavy atom. The molecule has 0 aliphatic carbocycles. The Balaban J connectivity index is 0.000000426. The van der Waals surface area contributed by atoms with Gasteiger partial charge in [-0.25, -0.2) is 18.2 Å². The Morgan fingerprint density at radius 2 is 1.61 bits per heavy atom. The molecule has 5 rings (SSSR count). The summed E-state index contributed by atoms with van der Waals surface area (Å²) in [6.45, 7) is 1.77. The number of hydrogen-bond donors (Lipinski definition) is 2. The Kier molecular flexibility index (Phi) is 7.30. The van der Waals surface area contributed by atoms with Gasteiger partial charge in [0.05, 0.1) is 11.9 Å². The number of aliphatic carboxylic acids is 1. The zero-order valence-electron chi connectivity index (χ0n) is 19.9. The van der Waals surface area contributed by atoms with Crippen molar-refractivity contribution >= 4 is 21.9 Å². The molecule has 0 unspecified atom stereocenters. The SMILES string of the molecule is NC(=O)c1ccc(-c2cnc3n2CCC32CCN(S(=O)(=O)c3cccnc3)CC2)cc1.O=C(O)C(F)(F)F. The monoisotopic (exact) mass is 551 g/mol. The molecular formula is C24H24F3N5O5S. The number of fused-ring (bicyclic) bond motifs is 2. The highest BCUT2D eigenvalue weighted by molar-refractivity contribution is 7.89. The number of nitrogens with zero attached hydrogens (tertiary/aromatic N) is 4. The fraction of sp³-hybridized carbons (Fsp3) is 0.333. The van der Waals surface area contributed by atoms with E-state index in [-0.39, 0.29) is 10.3 Å². The molecule has 0 saturated carbocycles. The number of carbonyl (C=O) groups excluding carboxylic acids is 1. The first kappa shape index (κ1) is 27.3. The molecule has 0 atom stereocenters. The Bertz CT molecular complexity index is 1430. The van der Waals surface area contributed by atoms with Gasteiger partial charge in [-0.15, -0.1) is 0 Å².